The smallest absolute Gasteiger partial charge is 0.251 e. The number of hydrogen-bond donors (Lipinski definition) is 3. The first-order valence-electron chi connectivity index (χ1n) is 10.8. The van der Waals surface area contributed by atoms with E-state index < -0.39 is 0 Å². The van der Waals surface area contributed by atoms with Crippen LogP contribution in [0.1, 0.15) is 29.3 Å². The van der Waals surface area contributed by atoms with E-state index in [1.54, 1.807) is 0 Å². The lowest BCUT2D eigenvalue weighted by Crippen LogP contribution is -2.38. The van der Waals surface area contributed by atoms with Gasteiger partial charge in [0.2, 0.25) is 0 Å². The highest BCUT2D eigenvalue weighted by Crippen LogP contribution is 2.08. The molecule has 2 aromatic rings. The third-order valence-electron chi connectivity index (χ3n) is 4.42. The number of nitrogens with one attached hydrogen (secondary N) is 3. The van der Waals surface area contributed by atoms with E-state index in [9.17, 15) is 4.79 Å². The number of carbonyl (C=O) groups is 1. The number of nitrogens with zero attached hydrogens (tertiary/aromatic N) is 2. The number of para-hydroxylation sites is 1. The molecule has 7 heteroatoms. The van der Waals surface area contributed by atoms with Crippen molar-refractivity contribution < 1.29 is 9.53 Å². The van der Waals surface area contributed by atoms with Crippen molar-refractivity contribution in [3.63, 3.8) is 0 Å². The molecule has 1 amide bonds. The summed E-state index contributed by atoms with van der Waals surface area (Å²) in [6, 6.07) is 17.4. The fourth-order valence-electron chi connectivity index (χ4n) is 2.80. The van der Waals surface area contributed by atoms with Crippen LogP contribution in [0.5, 0.6) is 5.75 Å². The van der Waals surface area contributed by atoms with Crippen LogP contribution in [-0.2, 0) is 6.54 Å². The minimum Gasteiger partial charge on any atom is -0.494 e. The summed E-state index contributed by atoms with van der Waals surface area (Å²) < 4.78 is 5.71. The number of aliphatic imine (C=N–C) groups is 1. The zero-order valence-electron chi connectivity index (χ0n) is 18.9. The Labute approximate surface area is 185 Å². The Kier molecular flexibility index (Phi) is 11.0. The summed E-state index contributed by atoms with van der Waals surface area (Å²) in [5.41, 5.74) is 1.65. The Balaban J connectivity index is 1.80. The number of rotatable bonds is 12. The molecule has 31 heavy (non-hydrogen) atoms. The highest BCUT2D eigenvalue weighted by Gasteiger charge is 2.06. The average Bonchev–Trinajstić information content (AvgIpc) is 2.77. The van der Waals surface area contributed by atoms with Crippen molar-refractivity contribution in [3.05, 3.63) is 65.7 Å². The molecule has 0 aromatic heterocycles. The molecule has 0 saturated carbocycles. The van der Waals surface area contributed by atoms with Crippen LogP contribution in [0, 0.1) is 0 Å². The van der Waals surface area contributed by atoms with Crippen molar-refractivity contribution >= 4 is 11.9 Å². The van der Waals surface area contributed by atoms with E-state index in [4.69, 9.17) is 4.74 Å². The normalized spacial score (nSPS) is 11.3. The third kappa shape index (κ3) is 10.00. The Morgan fingerprint density at radius 2 is 1.81 bits per heavy atom. The zero-order valence-corrected chi connectivity index (χ0v) is 18.9. The summed E-state index contributed by atoms with van der Waals surface area (Å²) in [5.74, 6) is 1.58. The van der Waals surface area contributed by atoms with Gasteiger partial charge in [0.15, 0.2) is 5.96 Å². The van der Waals surface area contributed by atoms with Gasteiger partial charge in [0.25, 0.3) is 5.91 Å². The number of hydrogen-bond acceptors (Lipinski definition) is 4. The largest absolute Gasteiger partial charge is 0.494 e. The molecule has 0 aliphatic heterocycles. The second kappa shape index (κ2) is 14.0. The van der Waals surface area contributed by atoms with E-state index in [-0.39, 0.29) is 5.91 Å². The van der Waals surface area contributed by atoms with Crippen LogP contribution in [0.15, 0.2) is 59.6 Å². The summed E-state index contributed by atoms with van der Waals surface area (Å²) in [6.07, 6.45) is 0.863. The Hall–Kier alpha value is -3.06. The average molecular weight is 426 g/mol. The van der Waals surface area contributed by atoms with Crippen LogP contribution in [0.3, 0.4) is 0 Å². The highest BCUT2D eigenvalue weighted by atomic mass is 16.5. The lowest BCUT2D eigenvalue weighted by Gasteiger charge is -2.12. The number of likely N-dealkylation sites (N-methyl/N-ethyl adjacent to an activating group) is 1. The lowest BCUT2D eigenvalue weighted by atomic mass is 10.1. The monoisotopic (exact) mass is 425 g/mol. The molecule has 0 radical (unpaired) electrons. The molecule has 0 atom stereocenters. The van der Waals surface area contributed by atoms with E-state index in [0.717, 1.165) is 43.3 Å². The summed E-state index contributed by atoms with van der Waals surface area (Å²) in [5, 5.41) is 9.52. The maximum absolute atomic E-state index is 12.3. The molecule has 0 heterocycles. The number of amides is 1. The van der Waals surface area contributed by atoms with Gasteiger partial charge in [0.1, 0.15) is 5.75 Å². The van der Waals surface area contributed by atoms with Crippen molar-refractivity contribution in [2.45, 2.75) is 19.9 Å². The first-order chi connectivity index (χ1) is 15.1. The number of carbonyl (C=O) groups excluding carboxylic acids is 1. The van der Waals surface area contributed by atoms with E-state index in [1.165, 1.54) is 0 Å². The SMILES string of the molecule is CCNC(=NCc1cccc(C(=O)NCCN(C)C)c1)NCCCOc1ccccc1. The summed E-state index contributed by atoms with van der Waals surface area (Å²) >= 11 is 0. The Bertz CT molecular complexity index is 809. The van der Waals surface area contributed by atoms with Gasteiger partial charge in [-0.15, -0.1) is 0 Å². The van der Waals surface area contributed by atoms with Gasteiger partial charge >= 0.3 is 0 Å². The minimum absolute atomic E-state index is 0.0591. The van der Waals surface area contributed by atoms with Crippen LogP contribution in [-0.4, -0.2) is 63.6 Å². The lowest BCUT2D eigenvalue weighted by molar-refractivity contribution is 0.0951. The maximum Gasteiger partial charge on any atom is 0.251 e. The molecule has 3 N–H and O–H groups in total. The van der Waals surface area contributed by atoms with E-state index in [2.05, 4.69) is 20.9 Å². The van der Waals surface area contributed by atoms with Gasteiger partial charge in [-0.1, -0.05) is 30.3 Å². The molecule has 0 saturated heterocycles. The van der Waals surface area contributed by atoms with E-state index in [0.29, 0.717) is 25.3 Å². The molecule has 168 valence electrons. The number of guanidine groups is 1. The molecule has 2 aromatic carbocycles. The standard InChI is InChI=1S/C24H35N5O2/c1-4-25-24(27-14-9-17-31-22-12-6-5-7-13-22)28-19-20-10-8-11-21(18-20)23(30)26-15-16-29(2)3/h5-8,10-13,18H,4,9,14-17,19H2,1-3H3,(H,26,30)(H2,25,27,28). The second-order valence-electron chi connectivity index (χ2n) is 7.40. The molecule has 0 aliphatic carbocycles. The molecular formula is C24H35N5O2. The third-order valence-corrected chi connectivity index (χ3v) is 4.42. The first-order valence-corrected chi connectivity index (χ1v) is 10.8. The number of benzene rings is 2. The topological polar surface area (TPSA) is 78.0 Å². The summed E-state index contributed by atoms with van der Waals surface area (Å²) in [7, 11) is 3.97. The molecule has 7 nitrogen and oxygen atoms in total. The predicted octanol–water partition coefficient (Wildman–Crippen LogP) is 2.50. The molecule has 0 spiro atoms. The first kappa shape index (κ1) is 24.2. The highest BCUT2D eigenvalue weighted by molar-refractivity contribution is 5.94. The van der Waals surface area contributed by atoms with Crippen LogP contribution in [0.25, 0.3) is 0 Å². The van der Waals surface area contributed by atoms with Crippen molar-refractivity contribution in [2.75, 3.05) is 46.9 Å². The molecule has 0 fully saturated rings. The van der Waals surface area contributed by atoms with Crippen molar-refractivity contribution in [1.82, 2.24) is 20.9 Å². The molecular weight excluding hydrogens is 390 g/mol. The Morgan fingerprint density at radius 1 is 1.00 bits per heavy atom. The minimum atomic E-state index is -0.0591. The maximum atomic E-state index is 12.3. The number of ether oxygens (including phenoxy) is 1. The van der Waals surface area contributed by atoms with Crippen molar-refractivity contribution in [2.24, 2.45) is 4.99 Å². The molecule has 2 rings (SSSR count). The van der Waals surface area contributed by atoms with Gasteiger partial charge in [-0.05, 0) is 57.3 Å². The summed E-state index contributed by atoms with van der Waals surface area (Å²) in [4.78, 5) is 19.0. The van der Waals surface area contributed by atoms with E-state index >= 15 is 0 Å². The molecule has 0 aliphatic rings. The van der Waals surface area contributed by atoms with Crippen LogP contribution < -0.4 is 20.7 Å². The molecule has 0 bridgehead atoms. The summed E-state index contributed by atoms with van der Waals surface area (Å²) in [6.45, 7) is 6.14. The van der Waals surface area contributed by atoms with Gasteiger partial charge in [0.05, 0.1) is 13.2 Å². The quantitative estimate of drug-likeness (QED) is 0.277. The van der Waals surface area contributed by atoms with Gasteiger partial charge in [-0.25, -0.2) is 4.99 Å². The van der Waals surface area contributed by atoms with E-state index in [1.807, 2.05) is 80.5 Å². The van der Waals surface area contributed by atoms with Crippen LogP contribution in [0.2, 0.25) is 0 Å². The second-order valence-corrected chi connectivity index (χ2v) is 7.40. The van der Waals surface area contributed by atoms with Gasteiger partial charge in [-0.2, -0.15) is 0 Å². The van der Waals surface area contributed by atoms with Gasteiger partial charge in [-0.3, -0.25) is 4.79 Å². The van der Waals surface area contributed by atoms with Crippen molar-refractivity contribution in [1.29, 1.82) is 0 Å². The fourth-order valence-corrected chi connectivity index (χ4v) is 2.80. The Morgan fingerprint density at radius 3 is 2.55 bits per heavy atom. The van der Waals surface area contributed by atoms with Gasteiger partial charge in [0, 0.05) is 31.7 Å². The molecule has 0 unspecified atom stereocenters. The van der Waals surface area contributed by atoms with Crippen molar-refractivity contribution in [3.8, 4) is 5.75 Å². The zero-order chi connectivity index (χ0) is 22.3. The predicted molar refractivity (Wildman–Crippen MR) is 127 cm³/mol. The van der Waals surface area contributed by atoms with Crippen LogP contribution >= 0.6 is 0 Å². The van der Waals surface area contributed by atoms with Crippen LogP contribution in [0.4, 0.5) is 0 Å². The fraction of sp³-hybridized carbons (Fsp3) is 0.417. The van der Waals surface area contributed by atoms with Gasteiger partial charge < -0.3 is 25.6 Å².